The van der Waals surface area contributed by atoms with Crippen molar-refractivity contribution in [1.82, 2.24) is 0 Å². The van der Waals surface area contributed by atoms with Crippen LogP contribution in [-0.4, -0.2) is 26.0 Å². The second kappa shape index (κ2) is 7.18. The van der Waals surface area contributed by atoms with E-state index < -0.39 is 32.3 Å². The Morgan fingerprint density at radius 2 is 1.69 bits per heavy atom. The molecule has 1 atom stereocenters. The minimum atomic E-state index is -4.18. The maximum atomic E-state index is 14.0. The number of carbonyl (C=O) groups excluding carboxylic acids is 2. The van der Waals surface area contributed by atoms with E-state index in [1.807, 2.05) is 13.0 Å². The van der Waals surface area contributed by atoms with Crippen LogP contribution < -0.4 is 9.80 Å². The first kappa shape index (κ1) is 20.7. The monoisotopic (exact) mass is 466 g/mol. The number of halogens is 1. The molecule has 3 aromatic carbocycles. The van der Waals surface area contributed by atoms with Gasteiger partial charge in [-0.2, -0.15) is 0 Å². The average molecular weight is 467 g/mol. The van der Waals surface area contributed by atoms with Crippen molar-refractivity contribution in [2.24, 2.45) is 0 Å². The molecule has 1 spiro atoms. The van der Waals surface area contributed by atoms with Crippen molar-refractivity contribution < 1.29 is 18.0 Å². The Bertz CT molecular complexity index is 1370. The van der Waals surface area contributed by atoms with Gasteiger partial charge in [0, 0.05) is 16.3 Å². The first-order valence-corrected chi connectivity index (χ1v) is 12.1. The summed E-state index contributed by atoms with van der Waals surface area (Å²) in [6.45, 7) is 2.02. The predicted molar refractivity (Wildman–Crippen MR) is 123 cm³/mol. The molecule has 32 heavy (non-hydrogen) atoms. The standard InChI is InChI=1S/C24H19ClN2O4S/c1-16-9-11-19(12-10-16)27-22(28)15-32(30,31)24(27)20-7-2-3-8-21(20)26(23(24)29)14-17-5-4-6-18(25)13-17/h2-13H,14-15H2,1H3/t24-/m0/s1. The summed E-state index contributed by atoms with van der Waals surface area (Å²) in [7, 11) is -4.18. The molecule has 0 saturated carbocycles. The van der Waals surface area contributed by atoms with Gasteiger partial charge < -0.3 is 4.90 Å². The molecule has 2 aliphatic heterocycles. The van der Waals surface area contributed by atoms with Gasteiger partial charge in [0.15, 0.2) is 9.84 Å². The summed E-state index contributed by atoms with van der Waals surface area (Å²) in [6, 6.07) is 20.7. The molecule has 6 nitrogen and oxygen atoms in total. The zero-order valence-corrected chi connectivity index (χ0v) is 18.7. The third-order valence-corrected chi connectivity index (χ3v) is 8.28. The van der Waals surface area contributed by atoms with Crippen LogP contribution in [0, 0.1) is 6.92 Å². The number of hydrogen-bond donors (Lipinski definition) is 0. The fourth-order valence-corrected chi connectivity index (χ4v) is 6.81. The molecule has 0 N–H and O–H groups in total. The number of nitrogens with zero attached hydrogens (tertiary/aromatic N) is 2. The highest BCUT2D eigenvalue weighted by Crippen LogP contribution is 2.52. The van der Waals surface area contributed by atoms with Gasteiger partial charge in [-0.15, -0.1) is 0 Å². The molecule has 2 heterocycles. The third kappa shape index (κ3) is 2.81. The minimum Gasteiger partial charge on any atom is -0.304 e. The quantitative estimate of drug-likeness (QED) is 0.588. The van der Waals surface area contributed by atoms with Gasteiger partial charge in [0.1, 0.15) is 5.75 Å². The molecular weight excluding hydrogens is 448 g/mol. The van der Waals surface area contributed by atoms with Crippen LogP contribution >= 0.6 is 11.6 Å². The number of rotatable bonds is 3. The van der Waals surface area contributed by atoms with Crippen LogP contribution in [-0.2, 0) is 30.8 Å². The van der Waals surface area contributed by atoms with Gasteiger partial charge >= 0.3 is 0 Å². The Hall–Kier alpha value is -3.16. The van der Waals surface area contributed by atoms with Crippen LogP contribution in [0.1, 0.15) is 16.7 Å². The second-order valence-electron chi connectivity index (χ2n) is 8.01. The number of carbonyl (C=O) groups is 2. The first-order valence-electron chi connectivity index (χ1n) is 10.0. The van der Waals surface area contributed by atoms with Crippen LogP contribution in [0.5, 0.6) is 0 Å². The molecule has 8 heteroatoms. The molecule has 0 radical (unpaired) electrons. The third-order valence-electron chi connectivity index (χ3n) is 5.94. The number of hydrogen-bond acceptors (Lipinski definition) is 4. The fraction of sp³-hybridized carbons (Fsp3) is 0.167. The van der Waals surface area contributed by atoms with Gasteiger partial charge in [-0.25, -0.2) is 8.42 Å². The zero-order chi connectivity index (χ0) is 22.7. The molecule has 0 bridgehead atoms. The Morgan fingerprint density at radius 1 is 0.969 bits per heavy atom. The van der Waals surface area contributed by atoms with Gasteiger partial charge in [-0.1, -0.05) is 59.6 Å². The summed E-state index contributed by atoms with van der Waals surface area (Å²) >= 11 is 6.12. The highest BCUT2D eigenvalue weighted by molar-refractivity contribution is 7.94. The van der Waals surface area contributed by atoms with Gasteiger partial charge in [0.2, 0.25) is 5.91 Å². The summed E-state index contributed by atoms with van der Waals surface area (Å²) < 4.78 is 27.1. The lowest BCUT2D eigenvalue weighted by Crippen LogP contribution is -2.54. The molecule has 0 aromatic heterocycles. The summed E-state index contributed by atoms with van der Waals surface area (Å²) in [6.07, 6.45) is 0. The molecule has 1 saturated heterocycles. The van der Waals surface area contributed by atoms with E-state index in [9.17, 15) is 18.0 Å². The molecule has 2 amide bonds. The molecule has 1 fully saturated rings. The van der Waals surface area contributed by atoms with E-state index >= 15 is 0 Å². The molecule has 5 rings (SSSR count). The van der Waals surface area contributed by atoms with Crippen LogP contribution in [0.25, 0.3) is 0 Å². The Morgan fingerprint density at radius 3 is 2.41 bits per heavy atom. The lowest BCUT2D eigenvalue weighted by molar-refractivity contribution is -0.123. The number of sulfone groups is 1. The molecule has 162 valence electrons. The first-order chi connectivity index (χ1) is 15.3. The van der Waals surface area contributed by atoms with E-state index in [1.165, 1.54) is 4.90 Å². The summed E-state index contributed by atoms with van der Waals surface area (Å²) in [4.78, 5) is 27.5. The SMILES string of the molecule is Cc1ccc(N2C(=O)CS(=O)(=O)[C@@]23C(=O)N(Cc2cccc(Cl)c2)c2ccccc23)cc1. The van der Waals surface area contributed by atoms with Crippen molar-refractivity contribution in [3.63, 3.8) is 0 Å². The van der Waals surface area contributed by atoms with Crippen molar-refractivity contribution in [2.75, 3.05) is 15.6 Å². The van der Waals surface area contributed by atoms with E-state index in [4.69, 9.17) is 11.6 Å². The molecule has 3 aromatic rings. The Kier molecular flexibility index (Phi) is 4.65. The number of fused-ring (bicyclic) bond motifs is 2. The predicted octanol–water partition coefficient (Wildman–Crippen LogP) is 3.81. The molecular formula is C24H19ClN2O4S. The lowest BCUT2D eigenvalue weighted by atomic mass is 10.0. The average Bonchev–Trinajstić information content (AvgIpc) is 3.12. The fourth-order valence-electron chi connectivity index (χ4n) is 4.56. The number of amides is 2. The van der Waals surface area contributed by atoms with E-state index in [-0.39, 0.29) is 6.54 Å². The maximum Gasteiger partial charge on any atom is 0.274 e. The van der Waals surface area contributed by atoms with Crippen LogP contribution in [0.4, 0.5) is 11.4 Å². The van der Waals surface area contributed by atoms with Crippen LogP contribution in [0.3, 0.4) is 0 Å². The smallest absolute Gasteiger partial charge is 0.274 e. The number of anilines is 2. The summed E-state index contributed by atoms with van der Waals surface area (Å²) in [5, 5.41) is 0.516. The van der Waals surface area contributed by atoms with Gasteiger partial charge in [0.25, 0.3) is 10.8 Å². The summed E-state index contributed by atoms with van der Waals surface area (Å²) in [5.41, 5.74) is 2.83. The van der Waals surface area contributed by atoms with Crippen molar-refractivity contribution in [3.05, 3.63) is 94.5 Å². The number of para-hydroxylation sites is 1. The highest BCUT2D eigenvalue weighted by Gasteiger charge is 2.69. The van der Waals surface area contributed by atoms with Gasteiger partial charge in [-0.3, -0.25) is 14.5 Å². The van der Waals surface area contributed by atoms with E-state index in [1.54, 1.807) is 66.7 Å². The zero-order valence-electron chi connectivity index (χ0n) is 17.2. The van der Waals surface area contributed by atoms with E-state index in [2.05, 4.69) is 0 Å². The van der Waals surface area contributed by atoms with E-state index in [0.717, 1.165) is 16.0 Å². The highest BCUT2D eigenvalue weighted by atomic mass is 35.5. The minimum absolute atomic E-state index is 0.129. The molecule has 0 unspecified atom stereocenters. The lowest BCUT2D eigenvalue weighted by Gasteiger charge is -2.32. The largest absolute Gasteiger partial charge is 0.304 e. The van der Waals surface area contributed by atoms with Crippen molar-refractivity contribution in [1.29, 1.82) is 0 Å². The Labute approximate surface area is 190 Å². The maximum absolute atomic E-state index is 14.0. The molecule has 0 aliphatic carbocycles. The van der Waals surface area contributed by atoms with Crippen molar-refractivity contribution >= 4 is 44.6 Å². The van der Waals surface area contributed by atoms with E-state index in [0.29, 0.717) is 22.0 Å². The van der Waals surface area contributed by atoms with Crippen molar-refractivity contribution in [3.8, 4) is 0 Å². The number of aryl methyl sites for hydroxylation is 1. The molecule has 2 aliphatic rings. The normalized spacial score (nSPS) is 21.4. The summed E-state index contributed by atoms with van der Waals surface area (Å²) in [5.74, 6) is -2.02. The van der Waals surface area contributed by atoms with Crippen LogP contribution in [0.2, 0.25) is 5.02 Å². The van der Waals surface area contributed by atoms with Crippen molar-refractivity contribution in [2.45, 2.75) is 18.3 Å². The Balaban J connectivity index is 1.73. The van der Waals surface area contributed by atoms with Gasteiger partial charge in [-0.05, 0) is 42.8 Å². The topological polar surface area (TPSA) is 74.8 Å². The van der Waals surface area contributed by atoms with Crippen LogP contribution in [0.15, 0.2) is 72.8 Å². The second-order valence-corrected chi connectivity index (χ2v) is 10.6. The number of benzene rings is 3. The van der Waals surface area contributed by atoms with Gasteiger partial charge in [0.05, 0.1) is 12.2 Å².